The summed E-state index contributed by atoms with van der Waals surface area (Å²) >= 11 is 0. The number of nitrogens with one attached hydrogen (secondary N) is 1. The predicted octanol–water partition coefficient (Wildman–Crippen LogP) is 4.69. The highest BCUT2D eigenvalue weighted by molar-refractivity contribution is 6.13. The molecule has 0 bridgehead atoms. The quantitative estimate of drug-likeness (QED) is 0.553. The number of anilines is 1. The first kappa shape index (κ1) is 18.8. The third-order valence-corrected chi connectivity index (χ3v) is 4.99. The van der Waals surface area contributed by atoms with Crippen molar-refractivity contribution in [3.05, 3.63) is 71.2 Å². The third-order valence-electron chi connectivity index (χ3n) is 4.99. The van der Waals surface area contributed by atoms with Crippen LogP contribution in [0.5, 0.6) is 0 Å². The lowest BCUT2D eigenvalue weighted by Gasteiger charge is -2.13. The molecule has 0 saturated carbocycles. The molecule has 0 fully saturated rings. The smallest absolute Gasteiger partial charge is 0.256 e. The molecule has 6 nitrogen and oxygen atoms in total. The molecule has 1 aromatic carbocycles. The minimum absolute atomic E-state index is 0.193. The van der Waals surface area contributed by atoms with Crippen LogP contribution in [0.2, 0.25) is 0 Å². The molecule has 0 unspecified atom stereocenters. The van der Waals surface area contributed by atoms with Crippen molar-refractivity contribution in [2.45, 2.75) is 34.2 Å². The Morgan fingerprint density at radius 2 is 1.83 bits per heavy atom. The van der Waals surface area contributed by atoms with Crippen molar-refractivity contribution in [1.29, 1.82) is 0 Å². The molecule has 0 saturated heterocycles. The molecular weight excluding hydrogens is 362 g/mol. The zero-order chi connectivity index (χ0) is 20.5. The first-order valence-electron chi connectivity index (χ1n) is 9.66. The van der Waals surface area contributed by atoms with E-state index in [0.29, 0.717) is 17.8 Å². The molecule has 1 amide bonds. The summed E-state index contributed by atoms with van der Waals surface area (Å²) in [7, 11) is 0. The highest BCUT2D eigenvalue weighted by Crippen LogP contribution is 2.27. The maximum absolute atomic E-state index is 13.3. The van der Waals surface area contributed by atoms with E-state index in [-0.39, 0.29) is 5.91 Å². The molecular formula is C23H23N5O. The lowest BCUT2D eigenvalue weighted by atomic mass is 10.1. The van der Waals surface area contributed by atoms with Crippen molar-refractivity contribution in [2.24, 2.45) is 0 Å². The number of aromatic nitrogens is 4. The van der Waals surface area contributed by atoms with Crippen LogP contribution in [0.1, 0.15) is 34.2 Å². The first-order chi connectivity index (χ1) is 14.0. The molecule has 3 heterocycles. The number of hydrogen-bond donors (Lipinski definition) is 1. The van der Waals surface area contributed by atoms with E-state index in [1.54, 1.807) is 6.20 Å². The molecule has 4 aromatic rings. The van der Waals surface area contributed by atoms with Crippen LogP contribution in [-0.2, 0) is 6.54 Å². The van der Waals surface area contributed by atoms with Gasteiger partial charge in [0.05, 0.1) is 34.2 Å². The van der Waals surface area contributed by atoms with Gasteiger partial charge in [-0.05, 0) is 45.4 Å². The molecule has 0 aliphatic heterocycles. The van der Waals surface area contributed by atoms with Crippen LogP contribution < -0.4 is 5.32 Å². The lowest BCUT2D eigenvalue weighted by Crippen LogP contribution is -2.15. The van der Waals surface area contributed by atoms with Gasteiger partial charge in [-0.15, -0.1) is 0 Å². The van der Waals surface area contributed by atoms with E-state index in [2.05, 4.69) is 15.4 Å². The molecule has 0 aliphatic carbocycles. The Hall–Kier alpha value is -3.54. The van der Waals surface area contributed by atoms with Crippen LogP contribution in [0.25, 0.3) is 22.3 Å². The van der Waals surface area contributed by atoms with Crippen LogP contribution >= 0.6 is 0 Å². The Balaban J connectivity index is 1.84. The van der Waals surface area contributed by atoms with Crippen LogP contribution in [0.15, 0.2) is 48.7 Å². The van der Waals surface area contributed by atoms with Gasteiger partial charge in [-0.3, -0.25) is 9.78 Å². The molecule has 0 radical (unpaired) electrons. The summed E-state index contributed by atoms with van der Waals surface area (Å²) in [6, 6.07) is 13.7. The summed E-state index contributed by atoms with van der Waals surface area (Å²) in [5.41, 5.74) is 6.41. The van der Waals surface area contributed by atoms with Gasteiger partial charge in [0.1, 0.15) is 0 Å². The van der Waals surface area contributed by atoms with Gasteiger partial charge < -0.3 is 5.32 Å². The average Bonchev–Trinajstić information content (AvgIpc) is 3.13. The number of benzene rings is 1. The molecule has 6 heteroatoms. The second-order valence-corrected chi connectivity index (χ2v) is 7.11. The van der Waals surface area contributed by atoms with E-state index < -0.39 is 0 Å². The highest BCUT2D eigenvalue weighted by atomic mass is 16.1. The topological polar surface area (TPSA) is 72.7 Å². The Kier molecular flexibility index (Phi) is 4.84. The predicted molar refractivity (Wildman–Crippen MR) is 115 cm³/mol. The minimum Gasteiger partial charge on any atom is -0.320 e. The van der Waals surface area contributed by atoms with Gasteiger partial charge in [0.15, 0.2) is 5.65 Å². The number of amides is 1. The molecule has 3 aromatic heterocycles. The van der Waals surface area contributed by atoms with Crippen molar-refractivity contribution >= 4 is 22.6 Å². The third kappa shape index (κ3) is 3.49. The number of carbonyl (C=O) groups is 1. The Labute approximate surface area is 169 Å². The molecule has 29 heavy (non-hydrogen) atoms. The highest BCUT2D eigenvalue weighted by Gasteiger charge is 2.19. The zero-order valence-electron chi connectivity index (χ0n) is 17.0. The summed E-state index contributed by atoms with van der Waals surface area (Å²) in [4.78, 5) is 22.6. The van der Waals surface area contributed by atoms with Crippen molar-refractivity contribution in [2.75, 3.05) is 5.32 Å². The summed E-state index contributed by atoms with van der Waals surface area (Å²) < 4.78 is 1.81. The second-order valence-electron chi connectivity index (χ2n) is 7.11. The van der Waals surface area contributed by atoms with Crippen molar-refractivity contribution < 1.29 is 4.79 Å². The summed E-state index contributed by atoms with van der Waals surface area (Å²) in [5.74, 6) is -0.193. The van der Waals surface area contributed by atoms with Crippen molar-refractivity contribution in [3.8, 4) is 11.3 Å². The number of carbonyl (C=O) groups excluding carboxylic acids is 1. The van der Waals surface area contributed by atoms with Gasteiger partial charge in [-0.1, -0.05) is 30.3 Å². The van der Waals surface area contributed by atoms with E-state index in [0.717, 1.165) is 39.3 Å². The summed E-state index contributed by atoms with van der Waals surface area (Å²) in [6.45, 7) is 8.51. The van der Waals surface area contributed by atoms with E-state index in [1.807, 2.05) is 74.8 Å². The van der Waals surface area contributed by atoms with Crippen LogP contribution in [-0.4, -0.2) is 25.7 Å². The lowest BCUT2D eigenvalue weighted by molar-refractivity contribution is 0.102. The number of fused-ring (bicyclic) bond motifs is 1. The van der Waals surface area contributed by atoms with Gasteiger partial charge in [-0.25, -0.2) is 9.67 Å². The van der Waals surface area contributed by atoms with E-state index in [9.17, 15) is 4.79 Å². The SMILES string of the molecule is CCn1ncc2c(C(=O)Nc3c(C)cc(C)nc3C)cc(-c3ccccc3)nc21. The van der Waals surface area contributed by atoms with Gasteiger partial charge >= 0.3 is 0 Å². The minimum atomic E-state index is -0.193. The number of hydrogen-bond acceptors (Lipinski definition) is 4. The molecule has 146 valence electrons. The summed E-state index contributed by atoms with van der Waals surface area (Å²) in [6.07, 6.45) is 1.71. The molecule has 0 spiro atoms. The van der Waals surface area contributed by atoms with E-state index in [1.165, 1.54) is 0 Å². The van der Waals surface area contributed by atoms with Crippen LogP contribution in [0, 0.1) is 20.8 Å². The molecule has 1 N–H and O–H groups in total. The fourth-order valence-corrected chi connectivity index (χ4v) is 3.62. The fraction of sp³-hybridized carbons (Fsp3) is 0.217. The van der Waals surface area contributed by atoms with Crippen LogP contribution in [0.4, 0.5) is 5.69 Å². The van der Waals surface area contributed by atoms with E-state index in [4.69, 9.17) is 4.98 Å². The fourth-order valence-electron chi connectivity index (χ4n) is 3.62. The normalized spacial score (nSPS) is 11.0. The number of rotatable bonds is 4. The Morgan fingerprint density at radius 1 is 1.07 bits per heavy atom. The monoisotopic (exact) mass is 385 g/mol. The standard InChI is InChI=1S/C23H23N5O/c1-5-28-22-19(13-24-28)18(12-20(26-22)17-9-7-6-8-10-17)23(29)27-21-14(2)11-15(3)25-16(21)4/h6-13H,5H2,1-4H3,(H,27,29). The number of pyridine rings is 2. The van der Waals surface area contributed by atoms with Crippen LogP contribution in [0.3, 0.4) is 0 Å². The molecule has 0 atom stereocenters. The molecule has 4 rings (SSSR count). The van der Waals surface area contributed by atoms with E-state index >= 15 is 0 Å². The second kappa shape index (κ2) is 7.47. The average molecular weight is 385 g/mol. The first-order valence-corrected chi connectivity index (χ1v) is 9.66. The summed E-state index contributed by atoms with van der Waals surface area (Å²) in [5, 5.41) is 8.20. The Bertz CT molecular complexity index is 1190. The number of nitrogens with zero attached hydrogens (tertiary/aromatic N) is 4. The van der Waals surface area contributed by atoms with Gasteiger partial charge in [-0.2, -0.15) is 5.10 Å². The van der Waals surface area contributed by atoms with Crippen molar-refractivity contribution in [1.82, 2.24) is 19.7 Å². The number of aryl methyl sites for hydroxylation is 4. The maximum Gasteiger partial charge on any atom is 0.256 e. The Morgan fingerprint density at radius 3 is 2.52 bits per heavy atom. The molecule has 0 aliphatic rings. The van der Waals surface area contributed by atoms with Gasteiger partial charge in [0.25, 0.3) is 5.91 Å². The van der Waals surface area contributed by atoms with Crippen molar-refractivity contribution in [3.63, 3.8) is 0 Å². The van der Waals surface area contributed by atoms with Gasteiger partial charge in [0, 0.05) is 17.8 Å². The van der Waals surface area contributed by atoms with Gasteiger partial charge in [0.2, 0.25) is 0 Å². The zero-order valence-corrected chi connectivity index (χ0v) is 17.0. The largest absolute Gasteiger partial charge is 0.320 e. The maximum atomic E-state index is 13.3.